The Labute approximate surface area is 243 Å². The molecule has 0 amide bonds. The lowest BCUT2D eigenvalue weighted by atomic mass is 9.76. The molecule has 0 fully saturated rings. The van der Waals surface area contributed by atoms with Crippen LogP contribution in [0, 0.1) is 11.6 Å². The van der Waals surface area contributed by atoms with E-state index in [1.807, 2.05) is 48.7 Å². The highest BCUT2D eigenvalue weighted by Crippen LogP contribution is 2.33. The SMILES string of the molecule is BC(c1ccccc1)c1ccccc1.Fc1ccc(C([SiH2]c2ccccc2)(c2ccc(F)cc2)n2ccnc2)cc1. The number of aromatic nitrogens is 2. The van der Waals surface area contributed by atoms with Gasteiger partial charge in [-0.1, -0.05) is 120 Å². The highest BCUT2D eigenvalue weighted by Gasteiger charge is 2.36. The zero-order valence-electron chi connectivity index (χ0n) is 22.9. The molecule has 0 radical (unpaired) electrons. The Morgan fingerprint density at radius 1 is 0.610 bits per heavy atom. The molecular weight excluding hydrogens is 525 g/mol. The average molecular weight is 557 g/mol. The highest BCUT2D eigenvalue weighted by atomic mass is 28.2. The van der Waals surface area contributed by atoms with Crippen molar-refractivity contribution in [3.8, 4) is 0 Å². The summed E-state index contributed by atoms with van der Waals surface area (Å²) in [4.78, 5) is 4.25. The largest absolute Gasteiger partial charge is 0.326 e. The van der Waals surface area contributed by atoms with E-state index in [9.17, 15) is 8.78 Å². The number of benzene rings is 5. The maximum atomic E-state index is 13.6. The van der Waals surface area contributed by atoms with E-state index in [1.54, 1.807) is 12.5 Å². The normalized spacial score (nSPS) is 11.4. The van der Waals surface area contributed by atoms with Gasteiger partial charge in [0.05, 0.1) is 21.0 Å². The van der Waals surface area contributed by atoms with Crippen LogP contribution in [0.1, 0.15) is 28.1 Å². The van der Waals surface area contributed by atoms with Gasteiger partial charge in [-0.15, -0.1) is 0 Å². The maximum Gasteiger partial charge on any atom is 0.123 e. The van der Waals surface area contributed by atoms with Crippen molar-refractivity contribution >= 4 is 22.6 Å². The van der Waals surface area contributed by atoms with Gasteiger partial charge >= 0.3 is 0 Å². The summed E-state index contributed by atoms with van der Waals surface area (Å²) >= 11 is 0. The molecule has 0 unspecified atom stereocenters. The highest BCUT2D eigenvalue weighted by molar-refractivity contribution is 6.57. The quantitative estimate of drug-likeness (QED) is 0.227. The molecule has 0 saturated carbocycles. The molecule has 1 heterocycles. The topological polar surface area (TPSA) is 17.8 Å². The average Bonchev–Trinajstić information content (AvgIpc) is 3.58. The van der Waals surface area contributed by atoms with Crippen LogP contribution in [0.2, 0.25) is 0 Å². The van der Waals surface area contributed by atoms with Gasteiger partial charge < -0.3 is 4.57 Å². The maximum absolute atomic E-state index is 13.6. The molecule has 0 atom stereocenters. The fourth-order valence-electron chi connectivity index (χ4n) is 5.26. The van der Waals surface area contributed by atoms with Crippen LogP contribution in [0.4, 0.5) is 8.78 Å². The second-order valence-corrected chi connectivity index (χ2v) is 12.2. The molecule has 6 heteroatoms. The Bertz CT molecular complexity index is 1530. The summed E-state index contributed by atoms with van der Waals surface area (Å²) in [5.74, 6) is -0.0741. The number of nitrogens with zero attached hydrogens (tertiary/aromatic N) is 2. The second-order valence-electron chi connectivity index (χ2n) is 10.0. The van der Waals surface area contributed by atoms with Crippen LogP contribution in [0.3, 0.4) is 0 Å². The van der Waals surface area contributed by atoms with Crippen molar-refractivity contribution < 1.29 is 8.78 Å². The Hall–Kier alpha value is -4.55. The molecule has 0 bridgehead atoms. The Balaban J connectivity index is 0.000000202. The summed E-state index contributed by atoms with van der Waals surface area (Å²) in [6, 6.07) is 44.6. The van der Waals surface area contributed by atoms with Crippen molar-refractivity contribution in [2.24, 2.45) is 0 Å². The van der Waals surface area contributed by atoms with Gasteiger partial charge in [0.15, 0.2) is 0 Å². The Kier molecular flexibility index (Phi) is 9.02. The van der Waals surface area contributed by atoms with E-state index in [0.29, 0.717) is 5.82 Å². The van der Waals surface area contributed by atoms with Crippen LogP contribution in [0.15, 0.2) is 158 Å². The predicted molar refractivity (Wildman–Crippen MR) is 169 cm³/mol. The van der Waals surface area contributed by atoms with E-state index in [2.05, 4.69) is 90.2 Å². The fourth-order valence-corrected chi connectivity index (χ4v) is 7.61. The number of imidazole rings is 1. The standard InChI is InChI=1S/C22H18F2N2Si.C13H13B/c23-19-10-6-17(7-11-19)22(26-15-14-25-16-26,18-8-12-20(24)13-9-18)27-21-4-2-1-3-5-21;14-13(11-7-3-1-4-8-11)12-9-5-2-6-10-12/h1-16H,27H2;1-10,13H,14H2. The monoisotopic (exact) mass is 556 g/mol. The van der Waals surface area contributed by atoms with Crippen molar-refractivity contribution in [2.75, 3.05) is 0 Å². The third kappa shape index (κ3) is 6.61. The van der Waals surface area contributed by atoms with Crippen molar-refractivity contribution in [1.82, 2.24) is 9.55 Å². The molecule has 0 spiro atoms. The van der Waals surface area contributed by atoms with Crippen molar-refractivity contribution in [2.45, 2.75) is 11.0 Å². The smallest absolute Gasteiger partial charge is 0.123 e. The Morgan fingerprint density at radius 3 is 1.46 bits per heavy atom. The summed E-state index contributed by atoms with van der Waals surface area (Å²) in [5.41, 5.74) is 4.67. The van der Waals surface area contributed by atoms with Crippen molar-refractivity contribution in [3.63, 3.8) is 0 Å². The molecule has 5 aromatic carbocycles. The van der Waals surface area contributed by atoms with E-state index in [-0.39, 0.29) is 11.6 Å². The van der Waals surface area contributed by atoms with Gasteiger partial charge in [-0.05, 0) is 52.3 Å². The summed E-state index contributed by atoms with van der Waals surface area (Å²) in [7, 11) is 1.22. The predicted octanol–water partition coefficient (Wildman–Crippen LogP) is 5.81. The summed E-state index contributed by atoms with van der Waals surface area (Å²) in [6.45, 7) is 0. The molecule has 202 valence electrons. The number of halogens is 2. The van der Waals surface area contributed by atoms with Crippen LogP contribution in [0.25, 0.3) is 0 Å². The molecule has 6 rings (SSSR count). The van der Waals surface area contributed by atoms with E-state index in [1.165, 1.54) is 40.6 Å². The lowest BCUT2D eigenvalue weighted by Crippen LogP contribution is -2.46. The summed E-state index contributed by atoms with van der Waals surface area (Å²) in [6.07, 6.45) is 5.44. The first-order valence-corrected chi connectivity index (χ1v) is 15.1. The lowest BCUT2D eigenvalue weighted by molar-refractivity contribution is 0.584. The number of rotatable bonds is 7. The molecule has 0 aliphatic carbocycles. The fraction of sp³-hybridized carbons (Fsp3) is 0.0571. The van der Waals surface area contributed by atoms with Crippen LogP contribution in [0.5, 0.6) is 0 Å². The van der Waals surface area contributed by atoms with Gasteiger partial charge in [0.2, 0.25) is 0 Å². The first kappa shape index (κ1) is 28.0. The number of hydrogen-bond acceptors (Lipinski definition) is 1. The molecular formula is C35H31BF2N2Si. The van der Waals surface area contributed by atoms with E-state index in [0.717, 1.165) is 11.1 Å². The molecule has 6 aromatic rings. The van der Waals surface area contributed by atoms with Crippen LogP contribution >= 0.6 is 0 Å². The van der Waals surface area contributed by atoms with Gasteiger partial charge in [-0.2, -0.15) is 0 Å². The molecule has 2 nitrogen and oxygen atoms in total. The molecule has 0 saturated heterocycles. The zero-order valence-corrected chi connectivity index (χ0v) is 24.4. The Morgan fingerprint density at radius 2 is 1.05 bits per heavy atom. The van der Waals surface area contributed by atoms with Crippen LogP contribution < -0.4 is 5.19 Å². The molecule has 1 aromatic heterocycles. The third-order valence-corrected chi connectivity index (χ3v) is 10.1. The minimum Gasteiger partial charge on any atom is -0.326 e. The molecule has 0 aliphatic heterocycles. The van der Waals surface area contributed by atoms with Crippen LogP contribution in [-0.2, 0) is 5.16 Å². The van der Waals surface area contributed by atoms with E-state index in [4.69, 9.17) is 0 Å². The van der Waals surface area contributed by atoms with Gasteiger partial charge in [0, 0.05) is 12.4 Å². The third-order valence-electron chi connectivity index (χ3n) is 7.49. The van der Waals surface area contributed by atoms with E-state index < -0.39 is 14.7 Å². The zero-order chi connectivity index (χ0) is 28.5. The second kappa shape index (κ2) is 13.2. The molecule has 0 aliphatic rings. The summed E-state index contributed by atoms with van der Waals surface area (Å²) < 4.78 is 29.3. The first-order valence-electron chi connectivity index (χ1n) is 13.7. The minimum atomic E-state index is -1.02. The molecule has 0 N–H and O–H groups in total. The van der Waals surface area contributed by atoms with Crippen molar-refractivity contribution in [3.05, 3.63) is 192 Å². The van der Waals surface area contributed by atoms with Crippen LogP contribution in [-0.4, -0.2) is 26.9 Å². The first-order chi connectivity index (χ1) is 20.1. The van der Waals surface area contributed by atoms with Gasteiger partial charge in [-0.25, -0.2) is 13.8 Å². The molecule has 41 heavy (non-hydrogen) atoms. The van der Waals surface area contributed by atoms with Gasteiger partial charge in [-0.3, -0.25) is 0 Å². The van der Waals surface area contributed by atoms with E-state index >= 15 is 0 Å². The van der Waals surface area contributed by atoms with Gasteiger partial charge in [0.1, 0.15) is 19.5 Å². The lowest BCUT2D eigenvalue weighted by Gasteiger charge is -2.37. The van der Waals surface area contributed by atoms with Gasteiger partial charge in [0.25, 0.3) is 0 Å². The van der Waals surface area contributed by atoms with Crippen molar-refractivity contribution in [1.29, 1.82) is 0 Å². The minimum absolute atomic E-state index is 0.279. The number of hydrogen-bond donors (Lipinski definition) is 0. The summed E-state index contributed by atoms with van der Waals surface area (Å²) in [5, 5.41) is 0.707.